The van der Waals surface area contributed by atoms with E-state index in [1.165, 1.54) is 28.9 Å². The highest BCUT2D eigenvalue weighted by atomic mass is 32.2. The molecule has 0 aliphatic carbocycles. The summed E-state index contributed by atoms with van der Waals surface area (Å²) in [6, 6.07) is 3.04. The van der Waals surface area contributed by atoms with Crippen LogP contribution in [0.2, 0.25) is 0 Å². The second kappa shape index (κ2) is 3.74. The number of nitrogens with zero attached hydrogens (tertiary/aromatic N) is 2. The first kappa shape index (κ1) is 11.4. The summed E-state index contributed by atoms with van der Waals surface area (Å²) in [5.41, 5.74) is 0.678. The Morgan fingerprint density at radius 1 is 1.41 bits per heavy atom. The highest BCUT2D eigenvalue weighted by molar-refractivity contribution is 7.92. The Morgan fingerprint density at radius 2 is 2.12 bits per heavy atom. The lowest BCUT2D eigenvalue weighted by Gasteiger charge is -2.03. The fourth-order valence-corrected chi connectivity index (χ4v) is 1.92. The predicted molar refractivity (Wildman–Crippen MR) is 60.6 cm³/mol. The summed E-state index contributed by atoms with van der Waals surface area (Å²) >= 11 is 0. The lowest BCUT2D eigenvalue weighted by atomic mass is 10.4. The Hall–Kier alpha value is -2.09. The van der Waals surface area contributed by atoms with Gasteiger partial charge in [-0.1, -0.05) is 0 Å². The first-order valence-corrected chi connectivity index (χ1v) is 6.44. The molecule has 7 nitrogen and oxygen atoms in total. The van der Waals surface area contributed by atoms with Gasteiger partial charge in [0.1, 0.15) is 5.65 Å². The topological polar surface area (TPSA) is 101 Å². The van der Waals surface area contributed by atoms with Crippen molar-refractivity contribution in [1.29, 1.82) is 0 Å². The minimum Gasteiger partial charge on any atom is -0.476 e. The number of carboxylic acids is 1. The average Bonchev–Trinajstić information content (AvgIpc) is 2.57. The maximum Gasteiger partial charge on any atom is 0.356 e. The first-order valence-electron chi connectivity index (χ1n) is 4.55. The van der Waals surface area contributed by atoms with Crippen LogP contribution in [0, 0.1) is 0 Å². The van der Waals surface area contributed by atoms with Gasteiger partial charge in [0.15, 0.2) is 5.69 Å². The first-order chi connectivity index (χ1) is 7.85. The number of imidazole rings is 1. The van der Waals surface area contributed by atoms with Gasteiger partial charge >= 0.3 is 5.97 Å². The molecule has 2 aromatic rings. The molecule has 8 heteroatoms. The van der Waals surface area contributed by atoms with Crippen LogP contribution in [0.25, 0.3) is 5.65 Å². The molecule has 0 radical (unpaired) electrons. The second-order valence-corrected chi connectivity index (χ2v) is 5.24. The summed E-state index contributed by atoms with van der Waals surface area (Å²) in [5, 5.41) is 8.75. The second-order valence-electron chi connectivity index (χ2n) is 3.49. The number of nitrogens with one attached hydrogen (secondary N) is 1. The van der Waals surface area contributed by atoms with E-state index in [1.807, 2.05) is 0 Å². The number of anilines is 1. The van der Waals surface area contributed by atoms with Gasteiger partial charge in [-0.2, -0.15) is 0 Å². The molecule has 0 bridgehead atoms. The molecule has 0 unspecified atom stereocenters. The van der Waals surface area contributed by atoms with Crippen LogP contribution in [0.4, 0.5) is 5.69 Å². The zero-order valence-electron chi connectivity index (χ0n) is 8.78. The van der Waals surface area contributed by atoms with E-state index in [0.717, 1.165) is 6.26 Å². The average molecular weight is 255 g/mol. The van der Waals surface area contributed by atoms with Crippen LogP contribution in [0.15, 0.2) is 24.5 Å². The molecule has 2 N–H and O–H groups in total. The van der Waals surface area contributed by atoms with Crippen LogP contribution in [0.5, 0.6) is 0 Å². The van der Waals surface area contributed by atoms with Crippen molar-refractivity contribution in [2.24, 2.45) is 0 Å². The maximum absolute atomic E-state index is 11.0. The zero-order valence-corrected chi connectivity index (χ0v) is 9.60. The molecule has 0 saturated carbocycles. The maximum atomic E-state index is 11.0. The Bertz CT molecular complexity index is 689. The zero-order chi connectivity index (χ0) is 12.6. The summed E-state index contributed by atoms with van der Waals surface area (Å²) in [6.07, 6.45) is 3.80. The van der Waals surface area contributed by atoms with Gasteiger partial charge in [0, 0.05) is 12.4 Å². The molecule has 2 rings (SSSR count). The van der Waals surface area contributed by atoms with Crippen molar-refractivity contribution in [3.63, 3.8) is 0 Å². The molecule has 0 aromatic carbocycles. The van der Waals surface area contributed by atoms with E-state index < -0.39 is 16.0 Å². The largest absolute Gasteiger partial charge is 0.476 e. The number of pyridine rings is 1. The summed E-state index contributed by atoms with van der Waals surface area (Å²) in [4.78, 5) is 14.5. The molecule has 0 spiro atoms. The van der Waals surface area contributed by atoms with Crippen molar-refractivity contribution in [2.75, 3.05) is 11.0 Å². The van der Waals surface area contributed by atoms with E-state index in [0.29, 0.717) is 11.3 Å². The Labute approximate surface area is 96.8 Å². The molecule has 90 valence electrons. The van der Waals surface area contributed by atoms with Gasteiger partial charge in [0.25, 0.3) is 0 Å². The van der Waals surface area contributed by atoms with Crippen molar-refractivity contribution >= 4 is 27.3 Å². The van der Waals surface area contributed by atoms with Gasteiger partial charge in [-0.15, -0.1) is 0 Å². The molecule has 0 aliphatic rings. The van der Waals surface area contributed by atoms with Crippen LogP contribution in [-0.2, 0) is 10.0 Å². The van der Waals surface area contributed by atoms with Crippen molar-refractivity contribution < 1.29 is 18.3 Å². The number of hydrogen-bond acceptors (Lipinski definition) is 4. The number of aromatic nitrogens is 2. The van der Waals surface area contributed by atoms with Crippen molar-refractivity contribution in [3.8, 4) is 0 Å². The molecule has 0 aliphatic heterocycles. The molecule has 0 atom stereocenters. The van der Waals surface area contributed by atoms with E-state index >= 15 is 0 Å². The molecule has 2 aromatic heterocycles. The van der Waals surface area contributed by atoms with Crippen molar-refractivity contribution in [2.45, 2.75) is 0 Å². The molecular formula is C9H9N3O4S. The number of fused-ring (bicyclic) bond motifs is 1. The van der Waals surface area contributed by atoms with E-state index in [1.54, 1.807) is 0 Å². The lowest BCUT2D eigenvalue weighted by Crippen LogP contribution is -2.09. The van der Waals surface area contributed by atoms with Crippen LogP contribution >= 0.6 is 0 Å². The summed E-state index contributed by atoms with van der Waals surface area (Å²) in [5.74, 6) is -1.13. The molecule has 0 fully saturated rings. The standard InChI is InChI=1S/C9H9N3O4S/c1-17(15,16)11-6-2-3-8-10-7(9(13)14)5-12(8)4-6/h2-5,11H,1H3,(H,13,14). The molecule has 17 heavy (non-hydrogen) atoms. The van der Waals surface area contributed by atoms with Gasteiger partial charge in [0.2, 0.25) is 10.0 Å². The SMILES string of the molecule is CS(=O)(=O)Nc1ccc2nc(C(=O)O)cn2c1. The quantitative estimate of drug-likeness (QED) is 0.827. The number of sulfonamides is 1. The van der Waals surface area contributed by atoms with E-state index in [2.05, 4.69) is 9.71 Å². The van der Waals surface area contributed by atoms with Gasteiger partial charge in [0.05, 0.1) is 11.9 Å². The summed E-state index contributed by atoms with van der Waals surface area (Å²) in [7, 11) is -3.36. The number of aromatic carboxylic acids is 1. The Morgan fingerprint density at radius 3 is 2.71 bits per heavy atom. The highest BCUT2D eigenvalue weighted by Gasteiger charge is 2.09. The third-order valence-electron chi connectivity index (χ3n) is 1.97. The molecule has 2 heterocycles. The predicted octanol–water partition coefficient (Wildman–Crippen LogP) is 0.404. The number of hydrogen-bond donors (Lipinski definition) is 2. The minimum atomic E-state index is -3.36. The summed E-state index contributed by atoms with van der Waals surface area (Å²) < 4.78 is 25.8. The van der Waals surface area contributed by atoms with E-state index in [9.17, 15) is 13.2 Å². The van der Waals surface area contributed by atoms with E-state index in [-0.39, 0.29) is 5.69 Å². The third-order valence-corrected chi connectivity index (χ3v) is 2.58. The monoisotopic (exact) mass is 255 g/mol. The van der Waals surface area contributed by atoms with Crippen molar-refractivity contribution in [3.05, 3.63) is 30.2 Å². The lowest BCUT2D eigenvalue weighted by molar-refractivity contribution is 0.0691. The minimum absolute atomic E-state index is 0.0958. The number of rotatable bonds is 3. The van der Waals surface area contributed by atoms with Crippen LogP contribution < -0.4 is 4.72 Å². The van der Waals surface area contributed by atoms with Gasteiger partial charge < -0.3 is 9.51 Å². The Kier molecular flexibility index (Phi) is 2.50. The summed E-state index contributed by atoms with van der Waals surface area (Å²) in [6.45, 7) is 0. The molecular weight excluding hydrogens is 246 g/mol. The Balaban J connectivity index is 2.47. The number of carboxylic acid groups (broad SMARTS) is 1. The fourth-order valence-electron chi connectivity index (χ4n) is 1.37. The molecule has 0 saturated heterocycles. The molecule has 0 amide bonds. The van der Waals surface area contributed by atoms with Gasteiger partial charge in [-0.05, 0) is 12.1 Å². The van der Waals surface area contributed by atoms with Crippen LogP contribution in [0.1, 0.15) is 10.5 Å². The van der Waals surface area contributed by atoms with Crippen LogP contribution in [-0.4, -0.2) is 35.1 Å². The highest BCUT2D eigenvalue weighted by Crippen LogP contribution is 2.12. The smallest absolute Gasteiger partial charge is 0.356 e. The normalized spacial score (nSPS) is 11.6. The van der Waals surface area contributed by atoms with Crippen LogP contribution in [0.3, 0.4) is 0 Å². The van der Waals surface area contributed by atoms with Crippen molar-refractivity contribution in [1.82, 2.24) is 9.38 Å². The van der Waals surface area contributed by atoms with E-state index in [4.69, 9.17) is 5.11 Å². The number of carbonyl (C=O) groups is 1. The third kappa shape index (κ3) is 2.53. The van der Waals surface area contributed by atoms with Gasteiger partial charge in [-0.3, -0.25) is 4.72 Å². The fraction of sp³-hybridized carbons (Fsp3) is 0.111. The van der Waals surface area contributed by atoms with Gasteiger partial charge in [-0.25, -0.2) is 18.2 Å².